The number of aromatic nitrogens is 2. The van der Waals surface area contributed by atoms with Crippen LogP contribution in [0.5, 0.6) is 11.5 Å². The molecule has 1 aromatic heterocycles. The zero-order valence-electron chi connectivity index (χ0n) is 15.5. The fraction of sp³-hybridized carbons (Fsp3) is 0.100. The monoisotopic (exact) mass is 446 g/mol. The van der Waals surface area contributed by atoms with Gasteiger partial charge in [-0.2, -0.15) is 0 Å². The van der Waals surface area contributed by atoms with Gasteiger partial charge in [0.1, 0.15) is 11.5 Å². The standard InChI is InChI=1S/C20H16Cl2N4O4/c21-13-1-5-15(6-2-13)29-11-19(27)25-17-9-24-18(10-23-17)26-20(28)12-30-16-7-3-14(22)4-8-16/h1-10H,11-12H2,(H,23,25,27)(H,24,26,28). The predicted octanol–water partition coefficient (Wildman–Crippen LogP) is 3.82. The Kier molecular flexibility index (Phi) is 7.42. The Balaban J connectivity index is 1.42. The molecule has 8 nitrogen and oxygen atoms in total. The second kappa shape index (κ2) is 10.4. The lowest BCUT2D eigenvalue weighted by atomic mass is 10.3. The van der Waals surface area contributed by atoms with Crippen molar-refractivity contribution in [3.05, 3.63) is 71.0 Å². The molecule has 0 bridgehead atoms. The SMILES string of the molecule is O=C(COc1ccc(Cl)cc1)Nc1cnc(NC(=O)COc2ccc(Cl)cc2)cn1. The number of hydrogen-bond acceptors (Lipinski definition) is 6. The highest BCUT2D eigenvalue weighted by molar-refractivity contribution is 6.30. The van der Waals surface area contributed by atoms with Gasteiger partial charge in [-0.15, -0.1) is 0 Å². The Hall–Kier alpha value is -3.36. The summed E-state index contributed by atoms with van der Waals surface area (Å²) in [6, 6.07) is 13.3. The van der Waals surface area contributed by atoms with Crippen molar-refractivity contribution in [3.8, 4) is 11.5 Å². The second-order valence-electron chi connectivity index (χ2n) is 5.87. The van der Waals surface area contributed by atoms with Crippen LogP contribution < -0.4 is 20.1 Å². The van der Waals surface area contributed by atoms with Crippen molar-refractivity contribution in [1.29, 1.82) is 0 Å². The third-order valence-electron chi connectivity index (χ3n) is 3.55. The first-order chi connectivity index (χ1) is 14.5. The smallest absolute Gasteiger partial charge is 0.263 e. The summed E-state index contributed by atoms with van der Waals surface area (Å²) in [6.45, 7) is -0.409. The van der Waals surface area contributed by atoms with E-state index in [0.29, 0.717) is 21.5 Å². The van der Waals surface area contributed by atoms with Gasteiger partial charge >= 0.3 is 0 Å². The van der Waals surface area contributed by atoms with Crippen molar-refractivity contribution < 1.29 is 19.1 Å². The summed E-state index contributed by atoms with van der Waals surface area (Å²) in [5.74, 6) is 0.643. The molecule has 0 aliphatic heterocycles. The Morgan fingerprint density at radius 2 is 1.07 bits per heavy atom. The third kappa shape index (κ3) is 6.91. The topological polar surface area (TPSA) is 102 Å². The lowest BCUT2D eigenvalue weighted by molar-refractivity contribution is -0.118. The van der Waals surface area contributed by atoms with Crippen LogP contribution in [-0.4, -0.2) is 35.0 Å². The molecule has 0 radical (unpaired) electrons. The first-order valence-corrected chi connectivity index (χ1v) is 9.42. The maximum absolute atomic E-state index is 11.9. The fourth-order valence-electron chi connectivity index (χ4n) is 2.17. The molecule has 0 saturated heterocycles. The van der Waals surface area contributed by atoms with Gasteiger partial charge in [-0.25, -0.2) is 9.97 Å². The van der Waals surface area contributed by atoms with Crippen molar-refractivity contribution in [3.63, 3.8) is 0 Å². The molecule has 2 N–H and O–H groups in total. The molecule has 0 spiro atoms. The molecular weight excluding hydrogens is 431 g/mol. The van der Waals surface area contributed by atoms with Crippen LogP contribution in [0.15, 0.2) is 60.9 Å². The molecule has 10 heteroatoms. The largest absolute Gasteiger partial charge is 0.484 e. The van der Waals surface area contributed by atoms with E-state index >= 15 is 0 Å². The van der Waals surface area contributed by atoms with Crippen LogP contribution >= 0.6 is 23.2 Å². The van der Waals surface area contributed by atoms with Gasteiger partial charge in [-0.1, -0.05) is 23.2 Å². The number of anilines is 2. The number of halogens is 2. The van der Waals surface area contributed by atoms with Crippen molar-refractivity contribution >= 4 is 46.7 Å². The van der Waals surface area contributed by atoms with Crippen molar-refractivity contribution in [2.75, 3.05) is 23.8 Å². The molecule has 0 saturated carbocycles. The van der Waals surface area contributed by atoms with Gasteiger partial charge < -0.3 is 20.1 Å². The summed E-state index contributed by atoms with van der Waals surface area (Å²) >= 11 is 11.6. The van der Waals surface area contributed by atoms with Crippen LogP contribution in [0.4, 0.5) is 11.6 Å². The first-order valence-electron chi connectivity index (χ1n) is 8.66. The highest BCUT2D eigenvalue weighted by Crippen LogP contribution is 2.16. The molecule has 154 valence electrons. The zero-order valence-corrected chi connectivity index (χ0v) is 17.0. The van der Waals surface area contributed by atoms with E-state index in [-0.39, 0.29) is 24.8 Å². The number of hydrogen-bond donors (Lipinski definition) is 2. The van der Waals surface area contributed by atoms with Crippen LogP contribution in [0.25, 0.3) is 0 Å². The van der Waals surface area contributed by atoms with Gasteiger partial charge in [-0.05, 0) is 48.5 Å². The molecule has 0 unspecified atom stereocenters. The van der Waals surface area contributed by atoms with E-state index in [2.05, 4.69) is 20.6 Å². The molecule has 3 rings (SSSR count). The molecule has 2 aromatic carbocycles. The van der Waals surface area contributed by atoms with Gasteiger partial charge in [-0.3, -0.25) is 9.59 Å². The number of rotatable bonds is 8. The minimum atomic E-state index is -0.410. The Morgan fingerprint density at radius 1 is 0.700 bits per heavy atom. The van der Waals surface area contributed by atoms with Gasteiger partial charge in [0.05, 0.1) is 12.4 Å². The third-order valence-corrected chi connectivity index (χ3v) is 4.06. The summed E-state index contributed by atoms with van der Waals surface area (Å²) in [5.41, 5.74) is 0. The van der Waals surface area contributed by atoms with Crippen molar-refractivity contribution in [2.24, 2.45) is 0 Å². The van der Waals surface area contributed by atoms with Gasteiger partial charge in [0.15, 0.2) is 24.8 Å². The first kappa shape index (κ1) is 21.4. The molecule has 0 atom stereocenters. The minimum absolute atomic E-state index is 0.205. The Labute approximate surface area is 182 Å². The minimum Gasteiger partial charge on any atom is -0.484 e. The Morgan fingerprint density at radius 3 is 1.40 bits per heavy atom. The second-order valence-corrected chi connectivity index (χ2v) is 6.74. The average molecular weight is 447 g/mol. The molecule has 0 aliphatic carbocycles. The number of amides is 2. The number of nitrogens with zero attached hydrogens (tertiary/aromatic N) is 2. The lowest BCUT2D eigenvalue weighted by Crippen LogP contribution is -2.22. The van der Waals surface area contributed by atoms with E-state index in [1.54, 1.807) is 48.5 Å². The number of ether oxygens (including phenoxy) is 2. The fourth-order valence-corrected chi connectivity index (χ4v) is 2.43. The highest BCUT2D eigenvalue weighted by atomic mass is 35.5. The summed E-state index contributed by atoms with van der Waals surface area (Å²) in [4.78, 5) is 31.9. The van der Waals surface area contributed by atoms with Crippen LogP contribution in [0.1, 0.15) is 0 Å². The van der Waals surface area contributed by atoms with E-state index in [1.165, 1.54) is 12.4 Å². The van der Waals surface area contributed by atoms with Crippen LogP contribution in [0.2, 0.25) is 10.0 Å². The van der Waals surface area contributed by atoms with E-state index < -0.39 is 11.8 Å². The number of nitrogens with one attached hydrogen (secondary N) is 2. The molecular formula is C20H16Cl2N4O4. The summed E-state index contributed by atoms with van der Waals surface area (Å²) in [6.07, 6.45) is 2.63. The van der Waals surface area contributed by atoms with Gasteiger partial charge in [0, 0.05) is 10.0 Å². The van der Waals surface area contributed by atoms with Crippen molar-refractivity contribution in [2.45, 2.75) is 0 Å². The molecule has 3 aromatic rings. The maximum Gasteiger partial charge on any atom is 0.263 e. The van der Waals surface area contributed by atoms with Crippen LogP contribution in [0.3, 0.4) is 0 Å². The molecule has 0 fully saturated rings. The van der Waals surface area contributed by atoms with E-state index in [9.17, 15) is 9.59 Å². The summed E-state index contributed by atoms with van der Waals surface area (Å²) in [7, 11) is 0. The molecule has 2 amide bonds. The normalized spacial score (nSPS) is 10.2. The molecule has 30 heavy (non-hydrogen) atoms. The van der Waals surface area contributed by atoms with Gasteiger partial charge in [0.25, 0.3) is 11.8 Å². The number of benzene rings is 2. The molecule has 0 aliphatic rings. The lowest BCUT2D eigenvalue weighted by Gasteiger charge is -2.08. The average Bonchev–Trinajstić information content (AvgIpc) is 2.74. The van der Waals surface area contributed by atoms with E-state index in [1.807, 2.05) is 0 Å². The van der Waals surface area contributed by atoms with Crippen molar-refractivity contribution in [1.82, 2.24) is 9.97 Å². The zero-order chi connectivity index (χ0) is 21.3. The maximum atomic E-state index is 11.9. The quantitative estimate of drug-likeness (QED) is 0.545. The van der Waals surface area contributed by atoms with Gasteiger partial charge in [0.2, 0.25) is 0 Å². The highest BCUT2D eigenvalue weighted by Gasteiger charge is 2.08. The van der Waals surface area contributed by atoms with E-state index in [0.717, 1.165) is 0 Å². The molecule has 1 heterocycles. The van der Waals surface area contributed by atoms with Crippen LogP contribution in [0, 0.1) is 0 Å². The Bertz CT molecular complexity index is 914. The summed E-state index contributed by atoms with van der Waals surface area (Å²) < 4.78 is 10.7. The number of carbonyl (C=O) groups excluding carboxylic acids is 2. The number of carbonyl (C=O) groups is 2. The van der Waals surface area contributed by atoms with E-state index in [4.69, 9.17) is 32.7 Å². The van der Waals surface area contributed by atoms with Crippen LogP contribution in [-0.2, 0) is 9.59 Å². The summed E-state index contributed by atoms with van der Waals surface area (Å²) in [5, 5.41) is 6.24. The predicted molar refractivity (Wildman–Crippen MR) is 113 cm³/mol.